The van der Waals surface area contributed by atoms with Crippen LogP contribution in [-0.2, 0) is 0 Å². The Morgan fingerprint density at radius 1 is 0.259 bits per heavy atom. The summed E-state index contributed by atoms with van der Waals surface area (Å²) in [6.45, 7) is 0. The summed E-state index contributed by atoms with van der Waals surface area (Å²) in [4.78, 5) is 2.38. The fourth-order valence-electron chi connectivity index (χ4n) is 8.04. The van der Waals surface area contributed by atoms with Gasteiger partial charge in [0, 0.05) is 0 Å². The van der Waals surface area contributed by atoms with E-state index in [0.29, 0.717) is 0 Å². The number of rotatable bonds is 9. The molecular weight excluding hydrogens is 711 g/mol. The summed E-state index contributed by atoms with van der Waals surface area (Å²) in [6.07, 6.45) is 0. The first-order valence-electron chi connectivity index (χ1n) is 18.6. The van der Waals surface area contributed by atoms with Gasteiger partial charge in [-0.25, -0.2) is 0 Å². The number of hydrogen-bond acceptors (Lipinski definition) is 1. The Bertz CT molecular complexity index is 2500. The van der Waals surface area contributed by atoms with Crippen molar-refractivity contribution in [1.82, 2.24) is 0 Å². The molecule has 54 heavy (non-hydrogen) atoms. The Morgan fingerprint density at radius 2 is 0.611 bits per heavy atom. The Morgan fingerprint density at radius 3 is 1.09 bits per heavy atom. The van der Waals surface area contributed by atoms with Gasteiger partial charge >= 0.3 is 257 Å². The van der Waals surface area contributed by atoms with Gasteiger partial charge in [0.25, 0.3) is 0 Å². The summed E-state index contributed by atoms with van der Waals surface area (Å²) in [5, 5.41) is 2.44. The Balaban J connectivity index is 1.11. The molecule has 0 N–H and O–H groups in total. The number of anilines is 3. The van der Waals surface area contributed by atoms with Crippen molar-refractivity contribution in [3.05, 3.63) is 237 Å². The average molecular weight is 751 g/mol. The second kappa shape index (κ2) is 14.9. The second-order valence-electron chi connectivity index (χ2n) is 13.7. The fraction of sp³-hybridized carbons (Fsp3) is 0. The van der Waals surface area contributed by atoms with E-state index in [0.717, 1.165) is 17.1 Å². The van der Waals surface area contributed by atoms with E-state index in [1.807, 2.05) is 0 Å². The van der Waals surface area contributed by atoms with Gasteiger partial charge in [-0.2, -0.15) is 0 Å². The quantitative estimate of drug-likeness (QED) is 0.133. The van der Waals surface area contributed by atoms with Crippen LogP contribution in [0.15, 0.2) is 237 Å². The molecular formula is C52H39GeN. The molecule has 0 fully saturated rings. The molecule has 1 nitrogen and oxygen atoms in total. The van der Waals surface area contributed by atoms with Crippen molar-refractivity contribution >= 4 is 58.7 Å². The Hall–Kier alpha value is -6.42. The van der Waals surface area contributed by atoms with Gasteiger partial charge in [-0.3, -0.25) is 0 Å². The molecule has 0 saturated heterocycles. The third kappa shape index (κ3) is 6.23. The predicted molar refractivity (Wildman–Crippen MR) is 233 cm³/mol. The topological polar surface area (TPSA) is 3.24 Å². The number of nitrogens with zero attached hydrogens (tertiary/aromatic N) is 1. The van der Waals surface area contributed by atoms with Crippen LogP contribution < -0.4 is 22.5 Å². The molecule has 0 aliphatic rings. The average Bonchev–Trinajstić information content (AvgIpc) is 3.26. The molecule has 0 aliphatic heterocycles. The van der Waals surface area contributed by atoms with Gasteiger partial charge < -0.3 is 0 Å². The normalized spacial score (nSPS) is 11.3. The van der Waals surface area contributed by atoms with Crippen molar-refractivity contribution in [2.45, 2.75) is 0 Å². The molecule has 0 heterocycles. The van der Waals surface area contributed by atoms with Crippen molar-refractivity contribution in [3.8, 4) is 22.3 Å². The number of fused-ring (bicyclic) bond motifs is 1. The summed E-state index contributed by atoms with van der Waals surface area (Å²) in [5.41, 5.74) is 8.21. The van der Waals surface area contributed by atoms with E-state index in [1.165, 1.54) is 50.6 Å². The molecule has 0 amide bonds. The predicted octanol–water partition coefficient (Wildman–Crippen LogP) is 11.0. The number of hydrogen-bond donors (Lipinski definition) is 0. The summed E-state index contributed by atoms with van der Waals surface area (Å²) in [5.74, 6) is 0. The SMILES string of the molecule is c1ccc(-c2ccc(N(c3ccc(-c4cc[c]([Ge]([c]5ccccc5)([c]5ccccc5)[c]5ccccc5)cc4)cc3)c3cccc4ccccc34)cc2)cc1. The molecule has 9 aromatic rings. The minimum absolute atomic E-state index is 1.12. The van der Waals surface area contributed by atoms with Crippen molar-refractivity contribution in [3.63, 3.8) is 0 Å². The van der Waals surface area contributed by atoms with Crippen molar-refractivity contribution < 1.29 is 0 Å². The summed E-state index contributed by atoms with van der Waals surface area (Å²) >= 11 is -3.32. The van der Waals surface area contributed by atoms with E-state index in [1.54, 1.807) is 0 Å². The zero-order valence-electron chi connectivity index (χ0n) is 30.0. The van der Waals surface area contributed by atoms with Gasteiger partial charge in [0.15, 0.2) is 0 Å². The van der Waals surface area contributed by atoms with Crippen molar-refractivity contribution in [2.24, 2.45) is 0 Å². The van der Waals surface area contributed by atoms with Crippen LogP contribution in [0.5, 0.6) is 0 Å². The van der Waals surface area contributed by atoms with E-state index in [4.69, 9.17) is 0 Å². The van der Waals surface area contributed by atoms with Gasteiger partial charge in [-0.15, -0.1) is 0 Å². The van der Waals surface area contributed by atoms with Gasteiger partial charge in [0.2, 0.25) is 0 Å². The molecule has 0 radical (unpaired) electrons. The summed E-state index contributed by atoms with van der Waals surface area (Å²) in [6, 6.07) is 86.7. The molecule has 0 atom stereocenters. The maximum atomic E-state index is 2.40. The smallest absolute Gasteiger partial charge is 0.0617 e. The van der Waals surface area contributed by atoms with Crippen LogP contribution in [0.2, 0.25) is 0 Å². The van der Waals surface area contributed by atoms with Gasteiger partial charge in [-0.05, 0) is 11.1 Å². The molecule has 9 aromatic carbocycles. The first-order chi connectivity index (χ1) is 26.8. The van der Waals surface area contributed by atoms with Crippen LogP contribution in [0.3, 0.4) is 0 Å². The van der Waals surface area contributed by atoms with Crippen LogP contribution in [0.4, 0.5) is 17.1 Å². The molecule has 9 rings (SSSR count). The van der Waals surface area contributed by atoms with Crippen molar-refractivity contribution in [2.75, 3.05) is 4.90 Å². The summed E-state index contributed by atoms with van der Waals surface area (Å²) in [7, 11) is 0. The zero-order valence-corrected chi connectivity index (χ0v) is 32.1. The third-order valence-electron chi connectivity index (χ3n) is 10.6. The van der Waals surface area contributed by atoms with Gasteiger partial charge in [-0.1, -0.05) is 54.6 Å². The molecule has 0 aromatic heterocycles. The van der Waals surface area contributed by atoms with Gasteiger partial charge in [0.1, 0.15) is 0 Å². The molecule has 0 bridgehead atoms. The first kappa shape index (κ1) is 33.4. The van der Waals surface area contributed by atoms with Crippen LogP contribution in [0.1, 0.15) is 0 Å². The Labute approximate surface area is 320 Å². The molecule has 0 spiro atoms. The number of benzene rings is 9. The van der Waals surface area contributed by atoms with E-state index in [2.05, 4.69) is 241 Å². The van der Waals surface area contributed by atoms with Crippen LogP contribution in [0.25, 0.3) is 33.0 Å². The molecule has 0 saturated carbocycles. The van der Waals surface area contributed by atoms with E-state index in [-0.39, 0.29) is 0 Å². The van der Waals surface area contributed by atoms with E-state index in [9.17, 15) is 0 Å². The summed E-state index contributed by atoms with van der Waals surface area (Å²) < 4.78 is 5.70. The second-order valence-corrected chi connectivity index (χ2v) is 21.7. The maximum absolute atomic E-state index is 3.32. The van der Waals surface area contributed by atoms with Crippen molar-refractivity contribution in [1.29, 1.82) is 0 Å². The standard InChI is InChI=1S/C52H39GeN/c1-5-16-40(17-6-1)42-30-36-49(37-31-42)54(52-27-15-19-44-18-13-14-26-51(44)52)50-38-32-43(33-39-50)41-28-34-48(35-29-41)53(45-20-7-2-8-21-45,46-22-9-3-10-23-46)47-24-11-4-12-25-47/h1-39H. The molecule has 2 heteroatoms. The zero-order chi connectivity index (χ0) is 36.2. The molecule has 0 aliphatic carbocycles. The minimum atomic E-state index is -3.32. The fourth-order valence-corrected chi connectivity index (χ4v) is 18.0. The van der Waals surface area contributed by atoms with Crippen LogP contribution >= 0.6 is 0 Å². The van der Waals surface area contributed by atoms with Crippen LogP contribution in [0, 0.1) is 0 Å². The molecule has 0 unspecified atom stereocenters. The van der Waals surface area contributed by atoms with Gasteiger partial charge in [0.05, 0.1) is 0 Å². The first-order valence-corrected chi connectivity index (χ1v) is 22.8. The van der Waals surface area contributed by atoms with E-state index >= 15 is 0 Å². The minimum Gasteiger partial charge on any atom is -0.0617 e. The van der Waals surface area contributed by atoms with E-state index < -0.39 is 13.3 Å². The molecule has 256 valence electrons. The third-order valence-corrected chi connectivity index (χ3v) is 20.7. The monoisotopic (exact) mass is 751 g/mol. The van der Waals surface area contributed by atoms with Crippen LogP contribution in [-0.4, -0.2) is 13.3 Å². The Kier molecular flexibility index (Phi) is 9.23.